The lowest BCUT2D eigenvalue weighted by Gasteiger charge is -2.42. The van der Waals surface area contributed by atoms with E-state index in [9.17, 15) is 9.90 Å². The van der Waals surface area contributed by atoms with Gasteiger partial charge in [0, 0.05) is 6.54 Å². The maximum absolute atomic E-state index is 12.9. The second kappa shape index (κ2) is 5.64. The van der Waals surface area contributed by atoms with Gasteiger partial charge in [-0.15, -0.1) is 0 Å². The number of aliphatic hydroxyl groups excluding tert-OH is 1. The third-order valence-corrected chi connectivity index (χ3v) is 5.54. The van der Waals surface area contributed by atoms with Gasteiger partial charge in [0.15, 0.2) is 0 Å². The fourth-order valence-electron chi connectivity index (χ4n) is 4.47. The monoisotopic (exact) mass is 283 g/mol. The number of ether oxygens (including phenoxy) is 1. The molecular formula is C16H29NO3. The molecule has 0 aromatic heterocycles. The molecule has 1 aliphatic carbocycles. The van der Waals surface area contributed by atoms with Gasteiger partial charge in [-0.1, -0.05) is 20.8 Å². The van der Waals surface area contributed by atoms with Crippen LogP contribution < -0.4 is 5.32 Å². The molecule has 4 nitrogen and oxygen atoms in total. The second-order valence-electron chi connectivity index (χ2n) is 6.51. The SMILES string of the molecule is CCCNC(=O)C12CCCC(CO)(C1)OC2(CC)CC. The highest BCUT2D eigenvalue weighted by Gasteiger charge is 2.67. The molecule has 2 rings (SSSR count). The largest absolute Gasteiger partial charge is 0.393 e. The minimum absolute atomic E-state index is 0.0254. The van der Waals surface area contributed by atoms with Crippen molar-refractivity contribution >= 4 is 5.91 Å². The fraction of sp³-hybridized carbons (Fsp3) is 0.938. The molecular weight excluding hydrogens is 254 g/mol. The Labute approximate surface area is 122 Å². The zero-order valence-electron chi connectivity index (χ0n) is 13.1. The number of carbonyl (C=O) groups excluding carboxylic acids is 1. The van der Waals surface area contributed by atoms with Crippen molar-refractivity contribution < 1.29 is 14.6 Å². The van der Waals surface area contributed by atoms with Gasteiger partial charge in [-0.2, -0.15) is 0 Å². The van der Waals surface area contributed by atoms with Gasteiger partial charge in [-0.05, 0) is 44.9 Å². The van der Waals surface area contributed by atoms with Crippen LogP contribution in [-0.4, -0.2) is 35.4 Å². The van der Waals surface area contributed by atoms with Gasteiger partial charge in [-0.3, -0.25) is 4.79 Å². The highest BCUT2D eigenvalue weighted by molar-refractivity contribution is 5.85. The third kappa shape index (κ3) is 2.08. The van der Waals surface area contributed by atoms with Gasteiger partial charge in [0.2, 0.25) is 5.91 Å². The minimum Gasteiger partial charge on any atom is -0.393 e. The topological polar surface area (TPSA) is 58.6 Å². The Morgan fingerprint density at radius 3 is 2.50 bits per heavy atom. The van der Waals surface area contributed by atoms with E-state index in [-0.39, 0.29) is 12.5 Å². The Kier molecular flexibility index (Phi) is 4.45. The normalized spacial score (nSPS) is 35.0. The summed E-state index contributed by atoms with van der Waals surface area (Å²) in [4.78, 5) is 12.9. The van der Waals surface area contributed by atoms with Crippen molar-refractivity contribution in [2.75, 3.05) is 13.2 Å². The van der Waals surface area contributed by atoms with Crippen LogP contribution in [0.25, 0.3) is 0 Å². The van der Waals surface area contributed by atoms with Crippen LogP contribution in [0.4, 0.5) is 0 Å². The first-order chi connectivity index (χ1) is 9.53. The lowest BCUT2D eigenvalue weighted by Crippen LogP contribution is -2.54. The average Bonchev–Trinajstić information content (AvgIpc) is 2.70. The standard InChI is InChI=1S/C16H29NO3/c1-4-10-17-13(19)15-9-7-8-14(11-15,12-18)20-16(15,5-2)6-3/h18H,4-12H2,1-3H3,(H,17,19). The first kappa shape index (κ1) is 15.8. The Bertz CT molecular complexity index is 367. The molecule has 1 heterocycles. The maximum Gasteiger partial charge on any atom is 0.229 e. The van der Waals surface area contributed by atoms with Crippen LogP contribution in [0.3, 0.4) is 0 Å². The number of carbonyl (C=O) groups is 1. The molecule has 2 bridgehead atoms. The molecule has 116 valence electrons. The van der Waals surface area contributed by atoms with Crippen LogP contribution in [0.2, 0.25) is 0 Å². The van der Waals surface area contributed by atoms with Gasteiger partial charge >= 0.3 is 0 Å². The number of hydrogen-bond acceptors (Lipinski definition) is 3. The van der Waals surface area contributed by atoms with E-state index in [4.69, 9.17) is 4.74 Å². The summed E-state index contributed by atoms with van der Waals surface area (Å²) >= 11 is 0. The second-order valence-corrected chi connectivity index (χ2v) is 6.51. The quantitative estimate of drug-likeness (QED) is 0.787. The molecule has 1 amide bonds. The molecule has 1 aliphatic heterocycles. The van der Waals surface area contributed by atoms with Crippen LogP contribution >= 0.6 is 0 Å². The highest BCUT2D eigenvalue weighted by Crippen LogP contribution is 2.61. The molecule has 0 aromatic carbocycles. The van der Waals surface area contributed by atoms with Crippen LogP contribution in [-0.2, 0) is 9.53 Å². The predicted molar refractivity (Wildman–Crippen MR) is 78.4 cm³/mol. The molecule has 2 unspecified atom stereocenters. The minimum atomic E-state index is -0.492. The van der Waals surface area contributed by atoms with E-state index in [0.717, 1.165) is 45.1 Å². The average molecular weight is 283 g/mol. The number of hydrogen-bond donors (Lipinski definition) is 2. The van der Waals surface area contributed by atoms with E-state index in [1.807, 2.05) is 0 Å². The summed E-state index contributed by atoms with van der Waals surface area (Å²) in [6, 6.07) is 0. The fourth-order valence-corrected chi connectivity index (χ4v) is 4.47. The van der Waals surface area contributed by atoms with Gasteiger partial charge < -0.3 is 15.2 Å². The van der Waals surface area contributed by atoms with Gasteiger partial charge in [0.25, 0.3) is 0 Å². The van der Waals surface area contributed by atoms with Crippen molar-refractivity contribution in [1.29, 1.82) is 0 Å². The molecule has 20 heavy (non-hydrogen) atoms. The smallest absolute Gasteiger partial charge is 0.229 e. The Morgan fingerprint density at radius 1 is 1.25 bits per heavy atom. The summed E-state index contributed by atoms with van der Waals surface area (Å²) in [7, 11) is 0. The maximum atomic E-state index is 12.9. The van der Waals surface area contributed by atoms with E-state index >= 15 is 0 Å². The van der Waals surface area contributed by atoms with Crippen LogP contribution in [0, 0.1) is 5.41 Å². The van der Waals surface area contributed by atoms with Crippen LogP contribution in [0.1, 0.15) is 65.7 Å². The zero-order valence-corrected chi connectivity index (χ0v) is 13.1. The van der Waals surface area contributed by atoms with Crippen LogP contribution in [0.15, 0.2) is 0 Å². The molecule has 1 saturated heterocycles. The Morgan fingerprint density at radius 2 is 1.95 bits per heavy atom. The summed E-state index contributed by atoms with van der Waals surface area (Å²) in [6.45, 7) is 7.01. The van der Waals surface area contributed by atoms with Crippen molar-refractivity contribution in [3.63, 3.8) is 0 Å². The van der Waals surface area contributed by atoms with Gasteiger partial charge in [-0.25, -0.2) is 0 Å². The summed E-state index contributed by atoms with van der Waals surface area (Å²) in [5, 5.41) is 12.9. The number of amides is 1. The lowest BCUT2D eigenvalue weighted by molar-refractivity contribution is -0.156. The summed E-state index contributed by atoms with van der Waals surface area (Å²) in [5.41, 5.74) is -1.36. The molecule has 2 atom stereocenters. The molecule has 4 heteroatoms. The Hall–Kier alpha value is -0.610. The highest BCUT2D eigenvalue weighted by atomic mass is 16.5. The van der Waals surface area contributed by atoms with E-state index < -0.39 is 16.6 Å². The molecule has 2 fully saturated rings. The van der Waals surface area contributed by atoms with Crippen molar-refractivity contribution in [2.24, 2.45) is 5.41 Å². The van der Waals surface area contributed by atoms with E-state index in [0.29, 0.717) is 6.42 Å². The zero-order chi connectivity index (χ0) is 14.9. The molecule has 0 spiro atoms. The van der Waals surface area contributed by atoms with Crippen molar-refractivity contribution in [1.82, 2.24) is 5.32 Å². The van der Waals surface area contributed by atoms with Crippen molar-refractivity contribution in [3.8, 4) is 0 Å². The number of aliphatic hydroxyl groups is 1. The number of fused-ring (bicyclic) bond motifs is 2. The lowest BCUT2D eigenvalue weighted by atomic mass is 9.60. The summed E-state index contributed by atoms with van der Waals surface area (Å²) in [6.07, 6.45) is 5.98. The van der Waals surface area contributed by atoms with Gasteiger partial charge in [0.05, 0.1) is 23.2 Å². The first-order valence-electron chi connectivity index (χ1n) is 8.13. The molecule has 0 radical (unpaired) electrons. The molecule has 2 N–H and O–H groups in total. The number of nitrogens with one attached hydrogen (secondary N) is 1. The van der Waals surface area contributed by atoms with Gasteiger partial charge in [0.1, 0.15) is 0 Å². The Balaban J connectivity index is 2.37. The van der Waals surface area contributed by atoms with E-state index in [1.54, 1.807) is 0 Å². The molecule has 0 aromatic rings. The molecule has 1 saturated carbocycles. The summed E-state index contributed by atoms with van der Waals surface area (Å²) < 4.78 is 6.40. The van der Waals surface area contributed by atoms with E-state index in [2.05, 4.69) is 26.1 Å². The van der Waals surface area contributed by atoms with Crippen LogP contribution in [0.5, 0.6) is 0 Å². The third-order valence-electron chi connectivity index (χ3n) is 5.54. The number of rotatable bonds is 6. The van der Waals surface area contributed by atoms with Crippen molar-refractivity contribution in [2.45, 2.75) is 76.9 Å². The summed E-state index contributed by atoms with van der Waals surface area (Å²) in [5.74, 6) is 0.137. The van der Waals surface area contributed by atoms with Crippen molar-refractivity contribution in [3.05, 3.63) is 0 Å². The first-order valence-corrected chi connectivity index (χ1v) is 8.13. The molecule has 2 aliphatic rings. The predicted octanol–water partition coefficient (Wildman–Crippen LogP) is 2.39. The van der Waals surface area contributed by atoms with E-state index in [1.165, 1.54) is 0 Å².